The van der Waals surface area contributed by atoms with Crippen LogP contribution in [0.1, 0.15) is 0 Å². The molecule has 3 aromatic rings. The average molecular weight is 464 g/mol. The van der Waals surface area contributed by atoms with Crippen molar-refractivity contribution in [2.75, 3.05) is 44.2 Å². The van der Waals surface area contributed by atoms with Crippen LogP contribution in [0.5, 0.6) is 0 Å². The third-order valence-electron chi connectivity index (χ3n) is 7.28. The topological polar surface area (TPSA) is 86.7 Å². The molecule has 33 heavy (non-hydrogen) atoms. The van der Waals surface area contributed by atoms with Crippen LogP contribution >= 0.6 is 0 Å². The van der Waals surface area contributed by atoms with E-state index in [1.807, 2.05) is 35.5 Å². The van der Waals surface area contributed by atoms with E-state index in [1.54, 1.807) is 30.6 Å². The first kappa shape index (κ1) is 20.6. The number of anilines is 1. The molecule has 3 aliphatic rings. The van der Waals surface area contributed by atoms with E-state index in [1.165, 1.54) is 9.99 Å². The van der Waals surface area contributed by atoms with E-state index in [0.29, 0.717) is 17.2 Å². The summed E-state index contributed by atoms with van der Waals surface area (Å²) in [6, 6.07) is 11.0. The second-order valence-electron chi connectivity index (χ2n) is 9.25. The van der Waals surface area contributed by atoms with Gasteiger partial charge in [0.15, 0.2) is 0 Å². The van der Waals surface area contributed by atoms with E-state index in [9.17, 15) is 13.2 Å². The van der Waals surface area contributed by atoms with Crippen molar-refractivity contribution in [1.29, 1.82) is 0 Å². The van der Waals surface area contributed by atoms with Crippen LogP contribution in [0.4, 0.5) is 5.69 Å². The predicted octanol–water partition coefficient (Wildman–Crippen LogP) is 1.85. The Kier molecular flexibility index (Phi) is 4.84. The molecule has 1 aromatic carbocycles. The molecule has 0 spiro atoms. The van der Waals surface area contributed by atoms with E-state index in [4.69, 9.17) is 0 Å². The maximum atomic E-state index is 13.2. The van der Waals surface area contributed by atoms with Gasteiger partial charge in [-0.2, -0.15) is 4.31 Å². The lowest BCUT2D eigenvalue weighted by molar-refractivity contribution is -0.138. The molecule has 0 bridgehead atoms. The number of aromatic nitrogens is 2. The molecule has 0 radical (unpaired) electrons. The first-order chi connectivity index (χ1) is 16.0. The van der Waals surface area contributed by atoms with Crippen molar-refractivity contribution in [3.63, 3.8) is 0 Å². The van der Waals surface area contributed by atoms with Crippen LogP contribution in [0.3, 0.4) is 0 Å². The summed E-state index contributed by atoms with van der Waals surface area (Å²) < 4.78 is 27.9. The standard InChI is InChI=1S/C24H25N5O3S/c30-24(28-13-18-11-27(12-19(18)14-28)21-4-7-25-8-5-21)20-15-29(16-20)33(31,32)23-3-1-2-17-10-26-9-6-22(17)23/h1-10,18-20H,11-16H2/t18-,19-/m1/s1. The van der Waals surface area contributed by atoms with Crippen molar-refractivity contribution in [3.8, 4) is 0 Å². The normalized spacial score (nSPS) is 23.6. The number of sulfonamides is 1. The molecular weight excluding hydrogens is 438 g/mol. The summed E-state index contributed by atoms with van der Waals surface area (Å²) in [5.74, 6) is 0.762. The van der Waals surface area contributed by atoms with E-state index >= 15 is 0 Å². The fourth-order valence-corrected chi connectivity index (χ4v) is 7.19. The number of nitrogens with zero attached hydrogens (tertiary/aromatic N) is 5. The first-order valence-electron chi connectivity index (χ1n) is 11.3. The number of carbonyl (C=O) groups excluding carboxylic acids is 1. The van der Waals surface area contributed by atoms with Crippen LogP contribution in [0, 0.1) is 17.8 Å². The lowest BCUT2D eigenvalue weighted by Crippen LogP contribution is -2.56. The first-order valence-corrected chi connectivity index (χ1v) is 12.7. The van der Waals surface area contributed by atoms with Crippen molar-refractivity contribution in [2.24, 2.45) is 17.8 Å². The van der Waals surface area contributed by atoms with Crippen molar-refractivity contribution < 1.29 is 13.2 Å². The lowest BCUT2D eigenvalue weighted by Gasteiger charge is -2.39. The van der Waals surface area contributed by atoms with Gasteiger partial charge in [0.1, 0.15) is 0 Å². The van der Waals surface area contributed by atoms with Gasteiger partial charge in [0.05, 0.1) is 10.8 Å². The third kappa shape index (κ3) is 3.46. The quantitative estimate of drug-likeness (QED) is 0.587. The number of pyridine rings is 2. The molecule has 8 nitrogen and oxygen atoms in total. The van der Waals surface area contributed by atoms with Crippen LogP contribution in [-0.2, 0) is 14.8 Å². The fraction of sp³-hybridized carbons (Fsp3) is 0.375. The second kappa shape index (κ2) is 7.78. The van der Waals surface area contributed by atoms with E-state index in [-0.39, 0.29) is 29.8 Å². The molecule has 0 unspecified atom stereocenters. The molecule has 0 saturated carbocycles. The van der Waals surface area contributed by atoms with Gasteiger partial charge in [0.2, 0.25) is 15.9 Å². The van der Waals surface area contributed by atoms with Crippen molar-refractivity contribution in [3.05, 3.63) is 61.2 Å². The zero-order valence-electron chi connectivity index (χ0n) is 18.1. The molecule has 2 atom stereocenters. The minimum Gasteiger partial charge on any atom is -0.371 e. The number of rotatable bonds is 4. The molecule has 170 valence electrons. The van der Waals surface area contributed by atoms with E-state index < -0.39 is 10.0 Å². The SMILES string of the molecule is O=C(C1CN(S(=O)(=O)c2cccc3cnccc23)C1)N1C[C@H]2CN(c3ccncc3)C[C@@H]2C1. The third-order valence-corrected chi connectivity index (χ3v) is 9.17. The maximum absolute atomic E-state index is 13.2. The van der Waals surface area contributed by atoms with Gasteiger partial charge in [-0.3, -0.25) is 14.8 Å². The number of benzene rings is 1. The van der Waals surface area contributed by atoms with Gasteiger partial charge in [-0.1, -0.05) is 12.1 Å². The van der Waals surface area contributed by atoms with Crippen LogP contribution in [0.15, 0.2) is 66.1 Å². The molecule has 5 heterocycles. The van der Waals surface area contributed by atoms with Crippen LogP contribution < -0.4 is 4.90 Å². The van der Waals surface area contributed by atoms with Gasteiger partial charge in [-0.05, 0) is 24.3 Å². The smallest absolute Gasteiger partial charge is 0.243 e. The molecule has 6 rings (SSSR count). The molecule has 3 aliphatic heterocycles. The Balaban J connectivity index is 1.09. The molecule has 3 saturated heterocycles. The zero-order chi connectivity index (χ0) is 22.6. The number of hydrogen-bond acceptors (Lipinski definition) is 6. The Morgan fingerprint density at radius 3 is 2.27 bits per heavy atom. The largest absolute Gasteiger partial charge is 0.371 e. The summed E-state index contributed by atoms with van der Waals surface area (Å²) in [7, 11) is -3.65. The highest BCUT2D eigenvalue weighted by Crippen LogP contribution is 2.36. The molecule has 3 fully saturated rings. The fourth-order valence-electron chi connectivity index (χ4n) is 5.44. The second-order valence-corrected chi connectivity index (χ2v) is 11.2. The van der Waals surface area contributed by atoms with Gasteiger partial charge in [-0.15, -0.1) is 0 Å². The number of amides is 1. The molecule has 9 heteroatoms. The lowest BCUT2D eigenvalue weighted by atomic mass is 10.0. The Labute approximate surface area is 192 Å². The molecule has 0 aliphatic carbocycles. The molecule has 2 aromatic heterocycles. The summed E-state index contributed by atoms with van der Waals surface area (Å²) in [6.45, 7) is 3.89. The molecule has 1 amide bonds. The summed E-state index contributed by atoms with van der Waals surface area (Å²) >= 11 is 0. The molecule has 0 N–H and O–H groups in total. The summed E-state index contributed by atoms with van der Waals surface area (Å²) in [4.78, 5) is 25.9. The van der Waals surface area contributed by atoms with Gasteiger partial charge >= 0.3 is 0 Å². The summed E-state index contributed by atoms with van der Waals surface area (Å²) in [5, 5.41) is 1.45. The molecular formula is C24H25N5O3S. The van der Waals surface area contributed by atoms with Gasteiger partial charge in [0, 0.05) is 92.4 Å². The van der Waals surface area contributed by atoms with Gasteiger partial charge in [-0.25, -0.2) is 8.42 Å². The van der Waals surface area contributed by atoms with Crippen molar-refractivity contribution >= 4 is 32.4 Å². The van der Waals surface area contributed by atoms with Crippen LogP contribution in [0.2, 0.25) is 0 Å². The Morgan fingerprint density at radius 2 is 1.55 bits per heavy atom. The number of likely N-dealkylation sites (tertiary alicyclic amines) is 1. The number of hydrogen-bond donors (Lipinski definition) is 0. The van der Waals surface area contributed by atoms with Gasteiger partial charge in [0.25, 0.3) is 0 Å². The Hall–Kier alpha value is -3.04. The van der Waals surface area contributed by atoms with Gasteiger partial charge < -0.3 is 9.80 Å². The summed E-state index contributed by atoms with van der Waals surface area (Å²) in [6.07, 6.45) is 6.89. The highest BCUT2D eigenvalue weighted by Gasteiger charge is 2.47. The predicted molar refractivity (Wildman–Crippen MR) is 124 cm³/mol. The average Bonchev–Trinajstić information content (AvgIpc) is 3.38. The van der Waals surface area contributed by atoms with Crippen LogP contribution in [0.25, 0.3) is 10.8 Å². The maximum Gasteiger partial charge on any atom is 0.243 e. The zero-order valence-corrected chi connectivity index (χ0v) is 18.9. The minimum atomic E-state index is -3.65. The van der Waals surface area contributed by atoms with E-state index in [2.05, 4.69) is 14.9 Å². The number of carbonyl (C=O) groups is 1. The number of fused-ring (bicyclic) bond motifs is 2. The highest BCUT2D eigenvalue weighted by molar-refractivity contribution is 7.89. The minimum absolute atomic E-state index is 0.0911. The highest BCUT2D eigenvalue weighted by atomic mass is 32.2. The Morgan fingerprint density at radius 1 is 0.848 bits per heavy atom. The Bertz CT molecular complexity index is 1290. The monoisotopic (exact) mass is 463 g/mol. The van der Waals surface area contributed by atoms with Crippen molar-refractivity contribution in [2.45, 2.75) is 4.90 Å². The van der Waals surface area contributed by atoms with Crippen molar-refractivity contribution in [1.82, 2.24) is 19.2 Å². The van der Waals surface area contributed by atoms with Crippen LogP contribution in [-0.4, -0.2) is 72.8 Å². The van der Waals surface area contributed by atoms with E-state index in [0.717, 1.165) is 31.6 Å². The summed E-state index contributed by atoms with van der Waals surface area (Å²) in [5.41, 5.74) is 1.18.